The minimum Gasteiger partial charge on any atom is -0.490 e. The van der Waals surface area contributed by atoms with Crippen molar-refractivity contribution in [2.24, 2.45) is 0 Å². The molecule has 120 valence electrons. The molecule has 1 aromatic heterocycles. The minimum absolute atomic E-state index is 0.111. The third kappa shape index (κ3) is 4.63. The number of rotatable bonds is 5. The fourth-order valence-corrected chi connectivity index (χ4v) is 1.95. The van der Waals surface area contributed by atoms with Crippen molar-refractivity contribution in [2.75, 3.05) is 13.2 Å². The van der Waals surface area contributed by atoms with E-state index in [4.69, 9.17) is 4.74 Å². The van der Waals surface area contributed by atoms with E-state index < -0.39 is 11.9 Å². The van der Waals surface area contributed by atoms with Gasteiger partial charge in [-0.05, 0) is 25.5 Å². The molecule has 0 saturated carbocycles. The van der Waals surface area contributed by atoms with Gasteiger partial charge in [0.25, 0.3) is 0 Å². The monoisotopic (exact) mass is 312 g/mol. The van der Waals surface area contributed by atoms with Crippen molar-refractivity contribution < 1.29 is 17.9 Å². The Balaban J connectivity index is 2.13. The van der Waals surface area contributed by atoms with Gasteiger partial charge in [0, 0.05) is 24.2 Å². The lowest BCUT2D eigenvalue weighted by Crippen LogP contribution is -2.46. The molecule has 0 spiro atoms. The summed E-state index contributed by atoms with van der Waals surface area (Å²) in [7, 11) is 0. The van der Waals surface area contributed by atoms with E-state index in [0.717, 1.165) is 38.4 Å². The average molecular weight is 312 g/mol. The maximum Gasteiger partial charge on any atom is 0.437 e. The van der Waals surface area contributed by atoms with Gasteiger partial charge in [-0.2, -0.15) is 13.2 Å². The first-order valence-corrected chi connectivity index (χ1v) is 7.43. The summed E-state index contributed by atoms with van der Waals surface area (Å²) >= 11 is 0. The number of alkyl halides is 3. The second-order valence-electron chi connectivity index (χ2n) is 5.22. The van der Waals surface area contributed by atoms with Crippen LogP contribution >= 0.6 is 0 Å². The van der Waals surface area contributed by atoms with Crippen LogP contribution < -0.4 is 10.1 Å². The Hall–Kier alpha value is -1.74. The molecule has 6 heteroatoms. The van der Waals surface area contributed by atoms with Crippen LogP contribution in [0.25, 0.3) is 0 Å². The van der Waals surface area contributed by atoms with E-state index in [2.05, 4.69) is 29.1 Å². The van der Waals surface area contributed by atoms with Gasteiger partial charge in [0.1, 0.15) is 6.61 Å². The summed E-state index contributed by atoms with van der Waals surface area (Å²) < 4.78 is 44.2. The number of nitrogens with one attached hydrogen (secondary N) is 1. The normalized spacial score (nSPS) is 17.4. The number of nitrogens with zero attached hydrogens (tertiary/aromatic N) is 1. The van der Waals surface area contributed by atoms with Gasteiger partial charge < -0.3 is 10.1 Å². The van der Waals surface area contributed by atoms with Crippen molar-refractivity contribution in [2.45, 2.75) is 44.8 Å². The predicted molar refractivity (Wildman–Crippen MR) is 77.5 cm³/mol. The topological polar surface area (TPSA) is 34.1 Å². The minimum atomic E-state index is -4.53. The highest BCUT2D eigenvalue weighted by Crippen LogP contribution is 2.35. The summed E-state index contributed by atoms with van der Waals surface area (Å²) in [5.74, 6) is 5.53. The van der Waals surface area contributed by atoms with Crippen LogP contribution in [0.4, 0.5) is 13.2 Å². The summed E-state index contributed by atoms with van der Waals surface area (Å²) in [5.41, 5.74) is -0.549. The number of ether oxygens (including phenoxy) is 1. The van der Waals surface area contributed by atoms with E-state index in [9.17, 15) is 13.2 Å². The molecule has 1 fully saturated rings. The zero-order valence-corrected chi connectivity index (χ0v) is 12.5. The second kappa shape index (κ2) is 7.50. The highest BCUT2D eigenvalue weighted by Gasteiger charge is 2.36. The molecule has 1 saturated heterocycles. The summed E-state index contributed by atoms with van der Waals surface area (Å²) in [4.78, 5) is 3.50. The lowest BCUT2D eigenvalue weighted by Gasteiger charge is -2.27. The SMILES string of the molecule is CCCCC#Cc1cnc(C(F)(F)F)c(OC[C@@H]2CCN2)c1. The van der Waals surface area contributed by atoms with Crippen LogP contribution in [-0.2, 0) is 6.18 Å². The van der Waals surface area contributed by atoms with Gasteiger partial charge >= 0.3 is 6.18 Å². The van der Waals surface area contributed by atoms with Crippen molar-refractivity contribution in [1.29, 1.82) is 0 Å². The van der Waals surface area contributed by atoms with Crippen LogP contribution in [0.1, 0.15) is 43.9 Å². The quantitative estimate of drug-likeness (QED) is 0.668. The first kappa shape index (κ1) is 16.6. The van der Waals surface area contributed by atoms with Gasteiger partial charge in [0.15, 0.2) is 11.4 Å². The molecule has 1 aliphatic heterocycles. The number of halogens is 3. The van der Waals surface area contributed by atoms with Gasteiger partial charge in [-0.1, -0.05) is 25.2 Å². The van der Waals surface area contributed by atoms with Crippen molar-refractivity contribution >= 4 is 0 Å². The zero-order valence-electron chi connectivity index (χ0n) is 12.5. The number of hydrogen-bond acceptors (Lipinski definition) is 3. The fourth-order valence-electron chi connectivity index (χ4n) is 1.95. The van der Waals surface area contributed by atoms with Crippen molar-refractivity contribution in [3.05, 3.63) is 23.5 Å². The molecule has 22 heavy (non-hydrogen) atoms. The molecule has 0 radical (unpaired) electrons. The van der Waals surface area contributed by atoms with Gasteiger partial charge in [0.2, 0.25) is 0 Å². The fraction of sp³-hybridized carbons (Fsp3) is 0.562. The van der Waals surface area contributed by atoms with Gasteiger partial charge in [-0.15, -0.1) is 0 Å². The van der Waals surface area contributed by atoms with Crippen molar-refractivity contribution in [3.63, 3.8) is 0 Å². The molecule has 0 aromatic carbocycles. The zero-order chi connectivity index (χ0) is 16.0. The van der Waals surface area contributed by atoms with Crippen molar-refractivity contribution in [1.82, 2.24) is 10.3 Å². The van der Waals surface area contributed by atoms with Crippen LogP contribution in [-0.4, -0.2) is 24.2 Å². The third-order valence-corrected chi connectivity index (χ3v) is 3.38. The molecule has 1 N–H and O–H groups in total. The molecule has 2 rings (SSSR count). The molecule has 1 aliphatic rings. The molecular formula is C16H19F3N2O. The molecule has 3 nitrogen and oxygen atoms in total. The van der Waals surface area contributed by atoms with E-state index in [-0.39, 0.29) is 18.4 Å². The van der Waals surface area contributed by atoms with E-state index in [0.29, 0.717) is 5.56 Å². The Bertz CT molecular complexity index is 557. The highest BCUT2D eigenvalue weighted by atomic mass is 19.4. The summed E-state index contributed by atoms with van der Waals surface area (Å²) in [5, 5.41) is 3.08. The van der Waals surface area contributed by atoms with Gasteiger partial charge in [-0.25, -0.2) is 4.98 Å². The molecule has 0 aliphatic carbocycles. The van der Waals surface area contributed by atoms with Gasteiger partial charge in [-0.3, -0.25) is 0 Å². The molecule has 1 aromatic rings. The Labute approximate surface area is 128 Å². The standard InChI is InChI=1S/C16H19F3N2O/c1-2-3-4-5-6-12-9-14(22-11-13-7-8-20-13)15(21-10-12)16(17,18)19/h9-10,13,20H,2-4,7-8,11H2,1H3/t13-/m0/s1. The molecule has 1 atom stereocenters. The number of aromatic nitrogens is 1. The average Bonchev–Trinajstić information content (AvgIpc) is 2.41. The summed E-state index contributed by atoms with van der Waals surface area (Å²) in [6, 6.07) is 1.44. The van der Waals surface area contributed by atoms with E-state index >= 15 is 0 Å². The van der Waals surface area contributed by atoms with E-state index in [1.54, 1.807) is 0 Å². The first-order valence-electron chi connectivity index (χ1n) is 7.43. The smallest absolute Gasteiger partial charge is 0.437 e. The molecule has 0 bridgehead atoms. The third-order valence-electron chi connectivity index (χ3n) is 3.38. The van der Waals surface area contributed by atoms with Crippen LogP contribution in [0.5, 0.6) is 5.75 Å². The molecular weight excluding hydrogens is 293 g/mol. The van der Waals surface area contributed by atoms with Crippen LogP contribution in [0.3, 0.4) is 0 Å². The first-order chi connectivity index (χ1) is 10.5. The Morgan fingerprint density at radius 2 is 2.23 bits per heavy atom. The largest absolute Gasteiger partial charge is 0.490 e. The molecule has 2 heterocycles. The van der Waals surface area contributed by atoms with Crippen LogP contribution in [0, 0.1) is 11.8 Å². The number of unbranched alkanes of at least 4 members (excludes halogenated alkanes) is 2. The predicted octanol–water partition coefficient (Wildman–Crippen LogP) is 3.38. The highest BCUT2D eigenvalue weighted by molar-refractivity contribution is 5.41. The van der Waals surface area contributed by atoms with Crippen LogP contribution in [0.2, 0.25) is 0 Å². The lowest BCUT2D eigenvalue weighted by atomic mass is 10.1. The maximum absolute atomic E-state index is 13.0. The van der Waals surface area contributed by atoms with E-state index in [1.165, 1.54) is 6.07 Å². The lowest BCUT2D eigenvalue weighted by molar-refractivity contribution is -0.142. The summed E-state index contributed by atoms with van der Waals surface area (Å²) in [6.45, 7) is 3.14. The van der Waals surface area contributed by atoms with Gasteiger partial charge in [0.05, 0.1) is 0 Å². The van der Waals surface area contributed by atoms with Crippen molar-refractivity contribution in [3.8, 4) is 17.6 Å². The van der Waals surface area contributed by atoms with E-state index in [1.807, 2.05) is 0 Å². The van der Waals surface area contributed by atoms with Crippen LogP contribution in [0.15, 0.2) is 12.3 Å². The summed E-state index contributed by atoms with van der Waals surface area (Å²) in [6.07, 6.45) is 0.248. The number of pyridine rings is 1. The maximum atomic E-state index is 13.0. The Kier molecular flexibility index (Phi) is 5.67. The Morgan fingerprint density at radius 3 is 2.82 bits per heavy atom. The second-order valence-corrected chi connectivity index (χ2v) is 5.22. The Morgan fingerprint density at radius 1 is 1.45 bits per heavy atom. The molecule has 0 amide bonds. The number of hydrogen-bond donors (Lipinski definition) is 1. The molecule has 0 unspecified atom stereocenters.